The zero-order valence-electron chi connectivity index (χ0n) is 10.4. The predicted octanol–water partition coefficient (Wildman–Crippen LogP) is 1.95. The van der Waals surface area contributed by atoms with E-state index in [-0.39, 0.29) is 5.41 Å². The number of anilines is 1. The molecule has 3 nitrogen and oxygen atoms in total. The zero-order valence-corrected chi connectivity index (χ0v) is 10.4. The summed E-state index contributed by atoms with van der Waals surface area (Å²) in [6.45, 7) is 8.69. The fourth-order valence-electron chi connectivity index (χ4n) is 2.40. The van der Waals surface area contributed by atoms with Crippen LogP contribution in [0.5, 0.6) is 0 Å². The first-order valence-electron chi connectivity index (χ1n) is 5.92. The Hall–Kier alpha value is -1.09. The van der Waals surface area contributed by atoms with Crippen LogP contribution in [-0.4, -0.2) is 24.1 Å². The molecule has 2 rings (SSSR count). The molecule has 1 aliphatic rings. The van der Waals surface area contributed by atoms with Gasteiger partial charge in [0, 0.05) is 37.2 Å². The first kappa shape index (κ1) is 11.4. The summed E-state index contributed by atoms with van der Waals surface area (Å²) in [6.07, 6.45) is 4.86. The Kier molecular flexibility index (Phi) is 2.89. The Morgan fingerprint density at radius 3 is 2.88 bits per heavy atom. The van der Waals surface area contributed by atoms with Crippen LogP contribution in [0.3, 0.4) is 0 Å². The molecule has 1 aromatic heterocycles. The Labute approximate surface area is 97.7 Å². The van der Waals surface area contributed by atoms with Crippen LogP contribution >= 0.6 is 0 Å². The normalized spacial score (nSPS) is 24.5. The van der Waals surface area contributed by atoms with Crippen LogP contribution < -0.4 is 10.6 Å². The Morgan fingerprint density at radius 2 is 2.25 bits per heavy atom. The molecule has 1 aliphatic heterocycles. The number of pyridine rings is 1. The molecule has 3 heteroatoms. The molecular formula is C13H21N3. The van der Waals surface area contributed by atoms with Gasteiger partial charge in [0.1, 0.15) is 0 Å². The summed E-state index contributed by atoms with van der Waals surface area (Å²) < 4.78 is 0. The molecule has 16 heavy (non-hydrogen) atoms. The summed E-state index contributed by atoms with van der Waals surface area (Å²) >= 11 is 0. The van der Waals surface area contributed by atoms with Crippen LogP contribution in [0.4, 0.5) is 5.69 Å². The first-order valence-corrected chi connectivity index (χ1v) is 5.92. The van der Waals surface area contributed by atoms with E-state index in [9.17, 15) is 0 Å². The van der Waals surface area contributed by atoms with Gasteiger partial charge in [-0.15, -0.1) is 0 Å². The van der Waals surface area contributed by atoms with Gasteiger partial charge in [-0.2, -0.15) is 0 Å². The second kappa shape index (κ2) is 4.06. The molecule has 1 unspecified atom stereocenters. The largest absolute Gasteiger partial charge is 0.371 e. The van der Waals surface area contributed by atoms with E-state index in [2.05, 4.69) is 36.7 Å². The number of piperidine rings is 1. The summed E-state index contributed by atoms with van der Waals surface area (Å²) in [6, 6.07) is 2.41. The molecule has 2 N–H and O–H groups in total. The molecule has 1 saturated heterocycles. The molecule has 1 fully saturated rings. The molecule has 1 aromatic rings. The van der Waals surface area contributed by atoms with Gasteiger partial charge in [0.2, 0.25) is 0 Å². The monoisotopic (exact) mass is 219 g/mol. The molecule has 0 aromatic carbocycles. The number of nitrogens with two attached hydrogens (primary N) is 1. The van der Waals surface area contributed by atoms with Gasteiger partial charge in [0.05, 0.1) is 0 Å². The number of rotatable bonds is 1. The van der Waals surface area contributed by atoms with Crippen molar-refractivity contribution >= 4 is 5.69 Å². The molecule has 1 atom stereocenters. The van der Waals surface area contributed by atoms with Crippen molar-refractivity contribution in [1.29, 1.82) is 0 Å². The standard InChI is InChI=1S/C13H21N3/c1-10-8-15-6-4-11(10)16-7-5-12(14)13(2,3)9-16/h4,6,8,12H,5,7,9,14H2,1-3H3. The average molecular weight is 219 g/mol. The van der Waals surface area contributed by atoms with E-state index in [0.29, 0.717) is 6.04 Å². The van der Waals surface area contributed by atoms with Crippen molar-refractivity contribution in [2.24, 2.45) is 11.1 Å². The van der Waals surface area contributed by atoms with Gasteiger partial charge in [0.25, 0.3) is 0 Å². The van der Waals surface area contributed by atoms with Crippen LogP contribution in [0.1, 0.15) is 25.8 Å². The first-order chi connectivity index (χ1) is 7.50. The lowest BCUT2D eigenvalue weighted by Crippen LogP contribution is -2.52. The van der Waals surface area contributed by atoms with Crippen molar-refractivity contribution in [2.45, 2.75) is 33.2 Å². The Bertz CT molecular complexity index is 373. The van der Waals surface area contributed by atoms with Gasteiger partial charge in [-0.25, -0.2) is 0 Å². The average Bonchev–Trinajstić information content (AvgIpc) is 2.23. The maximum absolute atomic E-state index is 6.15. The number of hydrogen-bond donors (Lipinski definition) is 1. The zero-order chi connectivity index (χ0) is 11.8. The minimum absolute atomic E-state index is 0.188. The predicted molar refractivity (Wildman–Crippen MR) is 67.6 cm³/mol. The quantitative estimate of drug-likeness (QED) is 0.785. The molecule has 0 spiro atoms. The number of aryl methyl sites for hydroxylation is 1. The van der Waals surface area contributed by atoms with Gasteiger partial charge in [-0.1, -0.05) is 13.8 Å². The van der Waals surface area contributed by atoms with Crippen molar-refractivity contribution in [2.75, 3.05) is 18.0 Å². The fraction of sp³-hybridized carbons (Fsp3) is 0.615. The van der Waals surface area contributed by atoms with E-state index in [1.807, 2.05) is 12.4 Å². The molecule has 0 aliphatic carbocycles. The van der Waals surface area contributed by atoms with Crippen LogP contribution in [-0.2, 0) is 0 Å². The van der Waals surface area contributed by atoms with Crippen LogP contribution in [0.15, 0.2) is 18.5 Å². The molecule has 0 bridgehead atoms. The van der Waals surface area contributed by atoms with Crippen LogP contribution in [0, 0.1) is 12.3 Å². The number of hydrogen-bond acceptors (Lipinski definition) is 3. The highest BCUT2D eigenvalue weighted by Gasteiger charge is 2.33. The maximum atomic E-state index is 6.15. The summed E-state index contributed by atoms with van der Waals surface area (Å²) in [5.41, 5.74) is 8.89. The Morgan fingerprint density at radius 1 is 1.50 bits per heavy atom. The van der Waals surface area contributed by atoms with Gasteiger partial charge >= 0.3 is 0 Å². The molecule has 0 radical (unpaired) electrons. The van der Waals surface area contributed by atoms with Gasteiger partial charge in [0.15, 0.2) is 0 Å². The summed E-state index contributed by atoms with van der Waals surface area (Å²) in [5.74, 6) is 0. The highest BCUT2D eigenvalue weighted by Crippen LogP contribution is 2.31. The molecular weight excluding hydrogens is 198 g/mol. The number of aromatic nitrogens is 1. The van der Waals surface area contributed by atoms with Crippen molar-refractivity contribution in [3.63, 3.8) is 0 Å². The summed E-state index contributed by atoms with van der Waals surface area (Å²) in [7, 11) is 0. The molecule has 0 saturated carbocycles. The van der Waals surface area contributed by atoms with E-state index in [1.165, 1.54) is 11.3 Å². The molecule has 0 amide bonds. The van der Waals surface area contributed by atoms with Crippen molar-refractivity contribution in [3.8, 4) is 0 Å². The van der Waals surface area contributed by atoms with E-state index in [1.54, 1.807) is 0 Å². The van der Waals surface area contributed by atoms with Crippen molar-refractivity contribution in [1.82, 2.24) is 4.98 Å². The smallest absolute Gasteiger partial charge is 0.0427 e. The maximum Gasteiger partial charge on any atom is 0.0427 e. The third kappa shape index (κ3) is 2.05. The lowest BCUT2D eigenvalue weighted by Gasteiger charge is -2.44. The van der Waals surface area contributed by atoms with Crippen molar-refractivity contribution < 1.29 is 0 Å². The highest BCUT2D eigenvalue weighted by atomic mass is 15.2. The van der Waals surface area contributed by atoms with Gasteiger partial charge in [-0.3, -0.25) is 4.98 Å². The lowest BCUT2D eigenvalue weighted by atomic mass is 9.79. The topological polar surface area (TPSA) is 42.2 Å². The van der Waals surface area contributed by atoms with Crippen LogP contribution in [0.25, 0.3) is 0 Å². The summed E-state index contributed by atoms with van der Waals surface area (Å²) in [4.78, 5) is 6.57. The third-order valence-corrected chi connectivity index (χ3v) is 3.64. The highest BCUT2D eigenvalue weighted by molar-refractivity contribution is 5.52. The number of nitrogens with zero attached hydrogens (tertiary/aromatic N) is 2. The minimum Gasteiger partial charge on any atom is -0.371 e. The van der Waals surface area contributed by atoms with E-state index >= 15 is 0 Å². The Balaban J connectivity index is 2.21. The van der Waals surface area contributed by atoms with Crippen LogP contribution in [0.2, 0.25) is 0 Å². The van der Waals surface area contributed by atoms with Gasteiger partial charge in [-0.05, 0) is 30.4 Å². The minimum atomic E-state index is 0.188. The summed E-state index contributed by atoms with van der Waals surface area (Å²) in [5, 5.41) is 0. The second-order valence-corrected chi connectivity index (χ2v) is 5.47. The molecule has 88 valence electrons. The second-order valence-electron chi connectivity index (χ2n) is 5.47. The van der Waals surface area contributed by atoms with E-state index in [4.69, 9.17) is 5.73 Å². The lowest BCUT2D eigenvalue weighted by molar-refractivity contribution is 0.245. The van der Waals surface area contributed by atoms with E-state index in [0.717, 1.165) is 19.5 Å². The third-order valence-electron chi connectivity index (χ3n) is 3.64. The fourth-order valence-corrected chi connectivity index (χ4v) is 2.40. The molecule has 2 heterocycles. The SMILES string of the molecule is Cc1cnccc1N1CCC(N)C(C)(C)C1. The van der Waals surface area contributed by atoms with Crippen molar-refractivity contribution in [3.05, 3.63) is 24.0 Å². The van der Waals surface area contributed by atoms with Gasteiger partial charge < -0.3 is 10.6 Å². The van der Waals surface area contributed by atoms with E-state index < -0.39 is 0 Å².